The summed E-state index contributed by atoms with van der Waals surface area (Å²) in [4.78, 5) is 22.6. The van der Waals surface area contributed by atoms with Crippen LogP contribution in [-0.4, -0.2) is 40.0 Å². The van der Waals surface area contributed by atoms with Gasteiger partial charge in [0.15, 0.2) is 0 Å². The zero-order valence-electron chi connectivity index (χ0n) is 21.7. The standard InChI is InChI=1S/C22H19F2N3O3/c1-22(23,24)30-17-6-3-15(4-7-17)16-5-8-19-18(13-16)21(28)27(11-12-29-19)14-20-25-9-2-10-26-20/h2-10,13H,11-12,14H2,1H3/i3D,4D,6D,7D,12D2. The van der Waals surface area contributed by atoms with Gasteiger partial charge in [-0.05, 0) is 41.4 Å². The molecule has 8 heteroatoms. The molecule has 4 rings (SSSR count). The molecule has 1 aliphatic rings. The molecule has 1 aliphatic heterocycles. The molecule has 0 aliphatic carbocycles. The number of nitrogens with zero attached hydrogens (tertiary/aromatic N) is 3. The quantitative estimate of drug-likeness (QED) is 0.624. The highest BCUT2D eigenvalue weighted by Crippen LogP contribution is 2.31. The van der Waals surface area contributed by atoms with Gasteiger partial charge in [0.05, 0.1) is 26.9 Å². The Morgan fingerprint density at radius 2 is 1.97 bits per heavy atom. The average Bonchev–Trinajstić information content (AvgIpc) is 2.89. The second-order valence-corrected chi connectivity index (χ2v) is 6.40. The first kappa shape index (κ1) is 13.6. The molecule has 3 aromatic rings. The van der Waals surface area contributed by atoms with Crippen molar-refractivity contribution in [3.05, 3.63) is 72.2 Å². The van der Waals surface area contributed by atoms with Gasteiger partial charge in [-0.3, -0.25) is 4.79 Å². The maximum atomic E-state index is 13.4. The molecule has 0 fully saturated rings. The summed E-state index contributed by atoms with van der Waals surface area (Å²) >= 11 is 0. The van der Waals surface area contributed by atoms with Crippen LogP contribution in [0.25, 0.3) is 11.1 Å². The maximum absolute atomic E-state index is 13.4. The second-order valence-electron chi connectivity index (χ2n) is 6.40. The fourth-order valence-corrected chi connectivity index (χ4v) is 2.76. The second kappa shape index (κ2) is 8.06. The van der Waals surface area contributed by atoms with Gasteiger partial charge in [0.1, 0.15) is 23.9 Å². The van der Waals surface area contributed by atoms with E-state index in [0.29, 0.717) is 6.92 Å². The third kappa shape index (κ3) is 4.53. The van der Waals surface area contributed by atoms with Crippen molar-refractivity contribution in [3.8, 4) is 22.6 Å². The fourth-order valence-electron chi connectivity index (χ4n) is 2.76. The Kier molecular flexibility index (Phi) is 3.66. The Labute approximate surface area is 180 Å². The molecule has 0 atom stereocenters. The van der Waals surface area contributed by atoms with Crippen LogP contribution in [0.5, 0.6) is 11.5 Å². The van der Waals surface area contributed by atoms with E-state index in [9.17, 15) is 13.6 Å². The van der Waals surface area contributed by atoms with E-state index in [1.165, 1.54) is 30.6 Å². The van der Waals surface area contributed by atoms with Crippen molar-refractivity contribution in [2.45, 2.75) is 19.6 Å². The highest BCUT2D eigenvalue weighted by molar-refractivity contribution is 5.98. The van der Waals surface area contributed by atoms with Crippen molar-refractivity contribution in [2.24, 2.45) is 0 Å². The lowest BCUT2D eigenvalue weighted by Crippen LogP contribution is -2.32. The van der Waals surface area contributed by atoms with E-state index in [0.717, 1.165) is 4.90 Å². The summed E-state index contributed by atoms with van der Waals surface area (Å²) in [5, 5.41) is 0. The van der Waals surface area contributed by atoms with Crippen LogP contribution in [0.3, 0.4) is 0 Å². The number of benzene rings is 2. The van der Waals surface area contributed by atoms with Crippen LogP contribution in [0.15, 0.2) is 60.8 Å². The van der Waals surface area contributed by atoms with Gasteiger partial charge in [0.2, 0.25) is 0 Å². The molecular weight excluding hydrogens is 392 g/mol. The first-order chi connectivity index (χ1) is 16.8. The van der Waals surface area contributed by atoms with Gasteiger partial charge in [-0.15, -0.1) is 0 Å². The number of alkyl halides is 2. The topological polar surface area (TPSA) is 64.6 Å². The number of ether oxygens (including phenoxy) is 2. The molecule has 30 heavy (non-hydrogen) atoms. The number of aromatic nitrogens is 2. The van der Waals surface area contributed by atoms with E-state index < -0.39 is 55.0 Å². The van der Waals surface area contributed by atoms with Crippen LogP contribution in [-0.2, 0) is 6.54 Å². The molecule has 0 N–H and O–H groups in total. The molecule has 6 nitrogen and oxygen atoms in total. The van der Waals surface area contributed by atoms with Crippen LogP contribution < -0.4 is 9.47 Å². The van der Waals surface area contributed by atoms with Crippen molar-refractivity contribution < 1.29 is 31.3 Å². The van der Waals surface area contributed by atoms with Crippen LogP contribution in [0.4, 0.5) is 8.78 Å². The zero-order chi connectivity index (χ0) is 26.4. The van der Waals surface area contributed by atoms with Gasteiger partial charge in [0, 0.05) is 19.3 Å². The molecular formula is C22H19F2N3O3. The molecule has 1 aromatic heterocycles. The summed E-state index contributed by atoms with van der Waals surface area (Å²) in [5.74, 6) is -1.37. The van der Waals surface area contributed by atoms with E-state index in [1.54, 1.807) is 6.07 Å². The minimum absolute atomic E-state index is 0.0656. The van der Waals surface area contributed by atoms with Crippen molar-refractivity contribution in [3.63, 3.8) is 0 Å². The van der Waals surface area contributed by atoms with E-state index in [1.807, 2.05) is 0 Å². The predicted octanol–water partition coefficient (Wildman–Crippen LogP) is 4.17. The summed E-state index contributed by atoms with van der Waals surface area (Å²) < 4.78 is 85.5. The molecule has 0 bridgehead atoms. The lowest BCUT2D eigenvalue weighted by molar-refractivity contribution is -0.158. The van der Waals surface area contributed by atoms with Gasteiger partial charge in [-0.1, -0.05) is 18.2 Å². The lowest BCUT2D eigenvalue weighted by Gasteiger charge is -2.19. The minimum atomic E-state index is -3.73. The number of hydrogen-bond acceptors (Lipinski definition) is 5. The zero-order valence-corrected chi connectivity index (χ0v) is 15.7. The smallest absolute Gasteiger partial charge is 0.394 e. The molecule has 0 spiro atoms. The van der Waals surface area contributed by atoms with Crippen LogP contribution in [0.2, 0.25) is 0 Å². The van der Waals surface area contributed by atoms with Crippen LogP contribution in [0, 0.1) is 0 Å². The Hall–Kier alpha value is -3.55. The molecule has 1 amide bonds. The van der Waals surface area contributed by atoms with Crippen LogP contribution >= 0.6 is 0 Å². The third-order valence-corrected chi connectivity index (χ3v) is 4.06. The van der Waals surface area contributed by atoms with E-state index >= 15 is 0 Å². The van der Waals surface area contributed by atoms with Gasteiger partial charge in [-0.2, -0.15) is 8.78 Å². The highest BCUT2D eigenvalue weighted by Gasteiger charge is 2.25. The Bertz CT molecular complexity index is 1310. The molecule has 0 saturated heterocycles. The summed E-state index contributed by atoms with van der Waals surface area (Å²) in [7, 11) is 0. The highest BCUT2D eigenvalue weighted by atomic mass is 19.3. The normalized spacial score (nSPS) is 18.5. The lowest BCUT2D eigenvalue weighted by atomic mass is 10.0. The monoisotopic (exact) mass is 417 g/mol. The number of carbonyl (C=O) groups excluding carboxylic acids is 1. The average molecular weight is 417 g/mol. The number of amides is 1. The first-order valence-electron chi connectivity index (χ1n) is 11.8. The number of rotatable bonds is 5. The summed E-state index contributed by atoms with van der Waals surface area (Å²) in [5.41, 5.74) is -0.282. The van der Waals surface area contributed by atoms with E-state index in [4.69, 9.17) is 13.0 Å². The van der Waals surface area contributed by atoms with Crippen LogP contribution in [0.1, 0.15) is 31.3 Å². The fraction of sp³-hybridized carbons (Fsp3) is 0.227. The minimum Gasteiger partial charge on any atom is -0.491 e. The van der Waals surface area contributed by atoms with Gasteiger partial charge in [0.25, 0.3) is 5.91 Å². The molecule has 154 valence electrons. The van der Waals surface area contributed by atoms with E-state index in [-0.39, 0.29) is 34.8 Å². The number of halogens is 2. The maximum Gasteiger partial charge on any atom is 0.394 e. The van der Waals surface area contributed by atoms with E-state index in [2.05, 4.69) is 14.7 Å². The number of carbonyl (C=O) groups is 1. The van der Waals surface area contributed by atoms with Crippen molar-refractivity contribution >= 4 is 5.91 Å². The van der Waals surface area contributed by atoms with Crippen molar-refractivity contribution in [2.75, 3.05) is 13.1 Å². The molecule has 2 aromatic carbocycles. The van der Waals surface area contributed by atoms with Crippen molar-refractivity contribution in [1.29, 1.82) is 0 Å². The Morgan fingerprint density at radius 1 is 1.23 bits per heavy atom. The largest absolute Gasteiger partial charge is 0.491 e. The predicted molar refractivity (Wildman–Crippen MR) is 105 cm³/mol. The first-order valence-corrected chi connectivity index (χ1v) is 8.83. The van der Waals surface area contributed by atoms with Gasteiger partial charge >= 0.3 is 6.11 Å². The number of hydrogen-bond donors (Lipinski definition) is 0. The summed E-state index contributed by atoms with van der Waals surface area (Å²) in [6.07, 6.45) is -0.775. The number of fused-ring (bicyclic) bond motifs is 1. The SMILES string of the molecule is [2H]c1c([2H])c(-c2ccc3c(c2)C(=O)N(Cc2ncccn2)CC([2H])([2H])O3)c([2H])c([2H])c1OC(C)(F)F. The molecule has 0 radical (unpaired) electrons. The molecule has 0 saturated carbocycles. The Balaban J connectivity index is 1.81. The van der Waals surface area contributed by atoms with Gasteiger partial charge in [-0.25, -0.2) is 9.97 Å². The third-order valence-electron chi connectivity index (χ3n) is 4.06. The van der Waals surface area contributed by atoms with Crippen molar-refractivity contribution in [1.82, 2.24) is 14.9 Å². The summed E-state index contributed by atoms with van der Waals surface area (Å²) in [6.45, 7) is -2.40. The molecule has 2 heterocycles. The Morgan fingerprint density at radius 3 is 2.67 bits per heavy atom. The summed E-state index contributed by atoms with van der Waals surface area (Å²) in [6, 6.07) is 2.51. The molecule has 0 unspecified atom stereocenters. The van der Waals surface area contributed by atoms with Gasteiger partial charge < -0.3 is 14.4 Å².